The number of hydrogen-bond donors (Lipinski definition) is 6. The zero-order chi connectivity index (χ0) is 49.1. The first-order chi connectivity index (χ1) is 32.5. The fraction of sp³-hybridized carbons (Fsp3) is 0.981. The topological polar surface area (TPSA) is 192 Å². The summed E-state index contributed by atoms with van der Waals surface area (Å²) in [5.74, 6) is -0.222. The van der Waals surface area contributed by atoms with Crippen molar-refractivity contribution in [3.05, 3.63) is 0 Å². The molecule has 67 heavy (non-hydrogen) atoms. The maximum atomic E-state index is 13.1. The Kier molecular flexibility index (Phi) is 43.1. The molecule has 7 atom stereocenters. The molecule has 0 aromatic heterocycles. The van der Waals surface area contributed by atoms with Crippen molar-refractivity contribution in [3.63, 3.8) is 0 Å². The smallest absolute Gasteiger partial charge is 0.394 e. The van der Waals surface area contributed by atoms with Crippen molar-refractivity contribution < 1.29 is 51.8 Å². The molecule has 0 spiro atoms. The molecule has 1 heterocycles. The van der Waals surface area contributed by atoms with E-state index in [4.69, 9.17) is 9.47 Å². The number of aliphatic hydroxyl groups excluding tert-OH is 4. The Labute approximate surface area is 411 Å². The Morgan fingerprint density at radius 2 is 0.866 bits per heavy atom. The second-order valence-electron chi connectivity index (χ2n) is 20.2. The van der Waals surface area contributed by atoms with E-state index < -0.39 is 59.9 Å². The van der Waals surface area contributed by atoms with Crippen LogP contribution in [0.5, 0.6) is 0 Å². The third-order valence-corrected chi connectivity index (χ3v) is 14.4. The van der Waals surface area contributed by atoms with E-state index in [1.807, 2.05) is 0 Å². The minimum Gasteiger partial charge on any atom is -0.394 e. The Bertz CT molecular complexity index is 1200. The van der Waals surface area contributed by atoms with Crippen molar-refractivity contribution in [2.75, 3.05) is 13.2 Å². The van der Waals surface area contributed by atoms with Crippen LogP contribution in [0, 0.1) is 0 Å². The van der Waals surface area contributed by atoms with Gasteiger partial charge in [0.05, 0.1) is 25.4 Å². The van der Waals surface area contributed by atoms with Crippen LogP contribution in [-0.4, -0.2) is 95.4 Å². The van der Waals surface area contributed by atoms with E-state index in [0.717, 1.165) is 51.4 Å². The van der Waals surface area contributed by atoms with Crippen LogP contribution < -0.4 is 5.32 Å². The van der Waals surface area contributed by atoms with E-state index in [-0.39, 0.29) is 12.5 Å². The molecule has 1 aliphatic heterocycles. The standard InChI is InChI=1S/C54H107NO11S/c1-3-5-7-9-11-13-15-17-19-21-23-25-27-29-31-33-35-37-39-41-43-48(57)47(46-64-54-52(60)53(66-67(61,62)63)51(59)49(45-56)65-54)55-50(58)44-42-40-38-36-34-32-30-28-26-24-22-20-18-16-14-12-10-8-6-4-2/h47-49,51-54,56-57,59-60H,3-46H2,1-2H3,(H,55,58)(H,61,62,63). The Balaban J connectivity index is 2.36. The molecular weight excluding hydrogens is 871 g/mol. The van der Waals surface area contributed by atoms with Crippen molar-refractivity contribution in [3.8, 4) is 0 Å². The van der Waals surface area contributed by atoms with Crippen LogP contribution >= 0.6 is 0 Å². The fourth-order valence-corrected chi connectivity index (χ4v) is 10.0. The summed E-state index contributed by atoms with van der Waals surface area (Å²) in [6.45, 7) is 3.50. The van der Waals surface area contributed by atoms with Gasteiger partial charge >= 0.3 is 10.4 Å². The van der Waals surface area contributed by atoms with Crippen molar-refractivity contribution in [1.82, 2.24) is 5.32 Å². The van der Waals surface area contributed by atoms with Crippen molar-refractivity contribution >= 4 is 16.3 Å². The molecule has 1 fully saturated rings. The SMILES string of the molecule is CCCCCCCCCCCCCCCCCCCCCCC(=O)NC(COC1OC(CO)C(O)C(OS(=O)(=O)O)C1O)C(O)CCCCCCCCCCCCCCCCCCCCCC. The normalized spacial score (nSPS) is 19.8. The van der Waals surface area contributed by atoms with Crippen LogP contribution in [0.15, 0.2) is 0 Å². The number of hydrogen-bond acceptors (Lipinski definition) is 10. The minimum absolute atomic E-state index is 0.222. The van der Waals surface area contributed by atoms with Crippen LogP contribution in [0.2, 0.25) is 0 Å². The van der Waals surface area contributed by atoms with Gasteiger partial charge in [-0.3, -0.25) is 9.35 Å². The monoisotopic (exact) mass is 978 g/mol. The van der Waals surface area contributed by atoms with Crippen LogP contribution in [-0.2, 0) is 28.9 Å². The number of rotatable bonds is 50. The molecule has 1 rings (SSSR count). The average Bonchev–Trinajstić information content (AvgIpc) is 3.30. The first-order valence-electron chi connectivity index (χ1n) is 28.4. The third kappa shape index (κ3) is 37.5. The number of aliphatic hydroxyl groups is 4. The molecule has 6 N–H and O–H groups in total. The summed E-state index contributed by atoms with van der Waals surface area (Å²) in [6, 6.07) is -0.853. The lowest BCUT2D eigenvalue weighted by Gasteiger charge is -2.41. The van der Waals surface area contributed by atoms with Gasteiger partial charge in [0.1, 0.15) is 24.4 Å². The molecule has 7 unspecified atom stereocenters. The van der Waals surface area contributed by atoms with Crippen LogP contribution in [0.3, 0.4) is 0 Å². The molecule has 0 aromatic carbocycles. The summed E-state index contributed by atoms with van der Waals surface area (Å²) in [4.78, 5) is 13.1. The first kappa shape index (κ1) is 64.1. The van der Waals surface area contributed by atoms with E-state index >= 15 is 0 Å². The summed E-state index contributed by atoms with van der Waals surface area (Å²) in [5, 5.41) is 45.1. The highest BCUT2D eigenvalue weighted by atomic mass is 32.3. The molecule has 0 aromatic rings. The van der Waals surface area contributed by atoms with Crippen LogP contribution in [0.25, 0.3) is 0 Å². The highest BCUT2D eigenvalue weighted by molar-refractivity contribution is 7.80. The van der Waals surface area contributed by atoms with E-state index in [1.54, 1.807) is 0 Å². The molecule has 0 saturated carbocycles. The second kappa shape index (κ2) is 45.0. The van der Waals surface area contributed by atoms with E-state index in [9.17, 15) is 38.2 Å². The van der Waals surface area contributed by atoms with Gasteiger partial charge in [-0.1, -0.05) is 264 Å². The molecule has 0 radical (unpaired) electrons. The molecule has 1 saturated heterocycles. The zero-order valence-corrected chi connectivity index (χ0v) is 44.1. The average molecular weight is 979 g/mol. The number of ether oxygens (including phenoxy) is 2. The molecule has 13 heteroatoms. The number of carbonyl (C=O) groups is 1. The number of unbranched alkanes of at least 4 members (excludes halogenated alkanes) is 38. The Morgan fingerprint density at radius 3 is 1.19 bits per heavy atom. The van der Waals surface area contributed by atoms with Crippen molar-refractivity contribution in [1.29, 1.82) is 0 Å². The van der Waals surface area contributed by atoms with Gasteiger partial charge in [-0.25, -0.2) is 4.18 Å². The maximum absolute atomic E-state index is 13.1. The molecule has 1 amide bonds. The van der Waals surface area contributed by atoms with Crippen molar-refractivity contribution in [2.45, 2.75) is 326 Å². The summed E-state index contributed by atoms with van der Waals surface area (Å²) in [7, 11) is -5.08. The quantitative estimate of drug-likeness (QED) is 0.0251. The lowest BCUT2D eigenvalue weighted by atomic mass is 9.99. The highest BCUT2D eigenvalue weighted by Crippen LogP contribution is 2.26. The molecule has 0 aliphatic carbocycles. The lowest BCUT2D eigenvalue weighted by Crippen LogP contribution is -2.61. The number of carbonyl (C=O) groups excluding carboxylic acids is 1. The van der Waals surface area contributed by atoms with Crippen LogP contribution in [0.1, 0.15) is 284 Å². The van der Waals surface area contributed by atoms with E-state index in [1.165, 1.54) is 205 Å². The molecule has 0 bridgehead atoms. The molecule has 1 aliphatic rings. The second-order valence-corrected chi connectivity index (χ2v) is 21.3. The summed E-state index contributed by atoms with van der Waals surface area (Å²) in [6.07, 6.45) is 42.4. The third-order valence-electron chi connectivity index (χ3n) is 13.9. The van der Waals surface area contributed by atoms with Crippen LogP contribution in [0.4, 0.5) is 0 Å². The van der Waals surface area contributed by atoms with Gasteiger partial charge < -0.3 is 35.2 Å². The van der Waals surface area contributed by atoms with Gasteiger partial charge in [0.25, 0.3) is 0 Å². The largest absolute Gasteiger partial charge is 0.397 e. The predicted octanol–water partition coefficient (Wildman–Crippen LogP) is 12.9. The lowest BCUT2D eigenvalue weighted by molar-refractivity contribution is -0.298. The van der Waals surface area contributed by atoms with Gasteiger partial charge in [0, 0.05) is 6.42 Å². The maximum Gasteiger partial charge on any atom is 0.397 e. The summed E-state index contributed by atoms with van der Waals surface area (Å²) < 4.78 is 47.9. The van der Waals surface area contributed by atoms with E-state index in [0.29, 0.717) is 12.8 Å². The first-order valence-corrected chi connectivity index (χ1v) is 29.8. The zero-order valence-electron chi connectivity index (χ0n) is 43.2. The predicted molar refractivity (Wildman–Crippen MR) is 273 cm³/mol. The van der Waals surface area contributed by atoms with Gasteiger partial charge in [-0.15, -0.1) is 0 Å². The van der Waals surface area contributed by atoms with Gasteiger partial charge in [0.2, 0.25) is 5.91 Å². The van der Waals surface area contributed by atoms with Gasteiger partial charge in [-0.05, 0) is 12.8 Å². The number of nitrogens with one attached hydrogen (secondary N) is 1. The van der Waals surface area contributed by atoms with Gasteiger partial charge in [0.15, 0.2) is 6.29 Å². The Hall–Kier alpha value is -0.900. The summed E-state index contributed by atoms with van der Waals surface area (Å²) in [5.41, 5.74) is 0. The molecule has 400 valence electrons. The minimum atomic E-state index is -5.08. The molecular formula is C54H107NO11S. The summed E-state index contributed by atoms with van der Waals surface area (Å²) >= 11 is 0. The van der Waals surface area contributed by atoms with E-state index in [2.05, 4.69) is 23.3 Å². The fourth-order valence-electron chi connectivity index (χ4n) is 9.52. The highest BCUT2D eigenvalue weighted by Gasteiger charge is 2.48. The van der Waals surface area contributed by atoms with Gasteiger partial charge in [-0.2, -0.15) is 8.42 Å². The number of amides is 1. The van der Waals surface area contributed by atoms with Crippen molar-refractivity contribution in [2.24, 2.45) is 0 Å². The molecule has 12 nitrogen and oxygen atoms in total. The Morgan fingerprint density at radius 1 is 0.537 bits per heavy atom.